The highest BCUT2D eigenvalue weighted by Gasteiger charge is 2.27. The van der Waals surface area contributed by atoms with Gasteiger partial charge in [-0.15, -0.1) is 0 Å². The molecule has 0 radical (unpaired) electrons. The predicted molar refractivity (Wildman–Crippen MR) is 65.9 cm³/mol. The number of anilines is 1. The number of aromatic nitrogens is 1. The Labute approximate surface area is 103 Å². The maximum Gasteiger partial charge on any atom is 0.166 e. The summed E-state index contributed by atoms with van der Waals surface area (Å²) in [5.74, 6) is 0.593. The van der Waals surface area contributed by atoms with Gasteiger partial charge in [-0.25, -0.2) is 9.37 Å². The van der Waals surface area contributed by atoms with Crippen LogP contribution in [0.4, 0.5) is 10.2 Å². The van der Waals surface area contributed by atoms with Gasteiger partial charge < -0.3 is 10.6 Å². The SMILES string of the molecule is CC(N)C1CCN(c2ncc(Br)cc2F)C1. The van der Waals surface area contributed by atoms with E-state index in [4.69, 9.17) is 5.73 Å². The van der Waals surface area contributed by atoms with Crippen LogP contribution in [-0.2, 0) is 0 Å². The molecule has 16 heavy (non-hydrogen) atoms. The van der Waals surface area contributed by atoms with Gasteiger partial charge in [0.25, 0.3) is 0 Å². The number of hydrogen-bond donors (Lipinski definition) is 1. The first-order valence-corrected chi connectivity index (χ1v) is 6.19. The third kappa shape index (κ3) is 2.35. The minimum Gasteiger partial charge on any atom is -0.354 e. The number of nitrogens with two attached hydrogens (primary N) is 1. The molecule has 2 atom stereocenters. The van der Waals surface area contributed by atoms with E-state index >= 15 is 0 Å². The van der Waals surface area contributed by atoms with E-state index in [1.807, 2.05) is 11.8 Å². The standard InChI is InChI=1S/C11H15BrFN3/c1-7(14)8-2-3-16(6-8)11-10(13)4-9(12)5-15-11/h4-5,7-8H,2-3,6,14H2,1H3. The first-order chi connectivity index (χ1) is 7.58. The van der Waals surface area contributed by atoms with Gasteiger partial charge in [-0.2, -0.15) is 0 Å². The van der Waals surface area contributed by atoms with Crippen LogP contribution in [0.3, 0.4) is 0 Å². The van der Waals surface area contributed by atoms with Crippen LogP contribution in [0.15, 0.2) is 16.7 Å². The molecule has 5 heteroatoms. The molecule has 1 aliphatic rings. The summed E-state index contributed by atoms with van der Waals surface area (Å²) in [5, 5.41) is 0. The van der Waals surface area contributed by atoms with Gasteiger partial charge >= 0.3 is 0 Å². The van der Waals surface area contributed by atoms with Crippen LogP contribution in [0.1, 0.15) is 13.3 Å². The van der Waals surface area contributed by atoms with E-state index < -0.39 is 0 Å². The van der Waals surface area contributed by atoms with Crippen molar-refractivity contribution in [1.29, 1.82) is 0 Å². The summed E-state index contributed by atoms with van der Waals surface area (Å²) in [6, 6.07) is 1.60. The lowest BCUT2D eigenvalue weighted by atomic mass is 10.0. The summed E-state index contributed by atoms with van der Waals surface area (Å²) in [7, 11) is 0. The van der Waals surface area contributed by atoms with Crippen LogP contribution < -0.4 is 10.6 Å². The van der Waals surface area contributed by atoms with Gasteiger partial charge in [-0.3, -0.25) is 0 Å². The van der Waals surface area contributed by atoms with Crippen molar-refractivity contribution in [3.63, 3.8) is 0 Å². The van der Waals surface area contributed by atoms with E-state index in [0.29, 0.717) is 16.2 Å². The highest BCUT2D eigenvalue weighted by molar-refractivity contribution is 9.10. The van der Waals surface area contributed by atoms with Crippen molar-refractivity contribution in [3.8, 4) is 0 Å². The maximum atomic E-state index is 13.7. The van der Waals surface area contributed by atoms with Crippen molar-refractivity contribution in [1.82, 2.24) is 4.98 Å². The van der Waals surface area contributed by atoms with Gasteiger partial charge in [0.1, 0.15) is 0 Å². The van der Waals surface area contributed by atoms with Crippen LogP contribution in [-0.4, -0.2) is 24.1 Å². The number of pyridine rings is 1. The summed E-state index contributed by atoms with van der Waals surface area (Å²) < 4.78 is 14.3. The zero-order valence-electron chi connectivity index (χ0n) is 9.16. The third-order valence-electron chi connectivity index (χ3n) is 3.06. The number of hydrogen-bond acceptors (Lipinski definition) is 3. The average molecular weight is 288 g/mol. The van der Waals surface area contributed by atoms with Crippen LogP contribution in [0.25, 0.3) is 0 Å². The molecular formula is C11H15BrFN3. The smallest absolute Gasteiger partial charge is 0.166 e. The molecule has 1 aliphatic heterocycles. The lowest BCUT2D eigenvalue weighted by Gasteiger charge is -2.19. The Kier molecular flexibility index (Phi) is 3.44. The number of nitrogens with zero attached hydrogens (tertiary/aromatic N) is 2. The summed E-state index contributed by atoms with van der Waals surface area (Å²) >= 11 is 3.20. The van der Waals surface area contributed by atoms with E-state index in [2.05, 4.69) is 20.9 Å². The average Bonchev–Trinajstić information content (AvgIpc) is 2.66. The molecule has 0 aliphatic carbocycles. The summed E-state index contributed by atoms with van der Waals surface area (Å²) in [6.45, 7) is 3.63. The normalized spacial score (nSPS) is 22.5. The fourth-order valence-corrected chi connectivity index (χ4v) is 2.35. The molecule has 0 saturated carbocycles. The van der Waals surface area contributed by atoms with Gasteiger partial charge in [-0.1, -0.05) is 0 Å². The highest BCUT2D eigenvalue weighted by atomic mass is 79.9. The predicted octanol–water partition coefficient (Wildman–Crippen LogP) is 2.16. The zero-order valence-corrected chi connectivity index (χ0v) is 10.7. The van der Waals surface area contributed by atoms with Gasteiger partial charge in [-0.05, 0) is 41.3 Å². The molecule has 2 N–H and O–H groups in total. The third-order valence-corrected chi connectivity index (χ3v) is 3.49. The van der Waals surface area contributed by atoms with E-state index in [9.17, 15) is 4.39 Å². The maximum absolute atomic E-state index is 13.7. The van der Waals surface area contributed by atoms with Crippen molar-refractivity contribution in [2.75, 3.05) is 18.0 Å². The summed E-state index contributed by atoms with van der Waals surface area (Å²) in [6.07, 6.45) is 2.63. The number of rotatable bonds is 2. The fourth-order valence-electron chi connectivity index (χ4n) is 2.05. The lowest BCUT2D eigenvalue weighted by Crippen LogP contribution is -2.30. The minimum absolute atomic E-state index is 0.156. The Bertz CT molecular complexity index is 383. The molecule has 0 amide bonds. The van der Waals surface area contributed by atoms with E-state index in [-0.39, 0.29) is 11.9 Å². The summed E-state index contributed by atoms with van der Waals surface area (Å²) in [4.78, 5) is 6.08. The molecule has 1 aromatic rings. The Morgan fingerprint density at radius 3 is 3.00 bits per heavy atom. The molecule has 88 valence electrons. The van der Waals surface area contributed by atoms with Crippen molar-refractivity contribution in [2.45, 2.75) is 19.4 Å². The van der Waals surface area contributed by atoms with Gasteiger partial charge in [0.2, 0.25) is 0 Å². The molecule has 1 aromatic heterocycles. The van der Waals surface area contributed by atoms with Crippen LogP contribution in [0, 0.1) is 11.7 Å². The molecule has 0 aromatic carbocycles. The Morgan fingerprint density at radius 1 is 1.69 bits per heavy atom. The van der Waals surface area contributed by atoms with Crippen LogP contribution >= 0.6 is 15.9 Å². The van der Waals surface area contributed by atoms with Crippen molar-refractivity contribution < 1.29 is 4.39 Å². The molecule has 0 spiro atoms. The highest BCUT2D eigenvalue weighted by Crippen LogP contribution is 2.26. The molecule has 2 unspecified atom stereocenters. The monoisotopic (exact) mass is 287 g/mol. The largest absolute Gasteiger partial charge is 0.354 e. The summed E-state index contributed by atoms with van der Waals surface area (Å²) in [5.41, 5.74) is 5.85. The fraction of sp³-hybridized carbons (Fsp3) is 0.545. The molecule has 1 fully saturated rings. The van der Waals surface area contributed by atoms with E-state index in [1.165, 1.54) is 6.07 Å². The van der Waals surface area contributed by atoms with E-state index in [1.54, 1.807) is 6.20 Å². The second kappa shape index (κ2) is 4.67. The van der Waals surface area contributed by atoms with Crippen LogP contribution in [0.2, 0.25) is 0 Å². The first-order valence-electron chi connectivity index (χ1n) is 5.39. The van der Waals surface area contributed by atoms with Gasteiger partial charge in [0.05, 0.1) is 0 Å². The topological polar surface area (TPSA) is 42.1 Å². The first kappa shape index (κ1) is 11.8. The molecule has 3 nitrogen and oxygen atoms in total. The molecule has 2 rings (SSSR count). The van der Waals surface area contributed by atoms with Crippen LogP contribution in [0.5, 0.6) is 0 Å². The van der Waals surface area contributed by atoms with E-state index in [0.717, 1.165) is 19.5 Å². The van der Waals surface area contributed by atoms with Crippen molar-refractivity contribution >= 4 is 21.7 Å². The Balaban J connectivity index is 2.14. The van der Waals surface area contributed by atoms with Gasteiger partial charge in [0.15, 0.2) is 11.6 Å². The number of halogens is 2. The quantitative estimate of drug-likeness (QED) is 0.906. The molecular weight excluding hydrogens is 273 g/mol. The second-order valence-electron chi connectivity index (χ2n) is 4.31. The second-order valence-corrected chi connectivity index (χ2v) is 5.23. The Hall–Kier alpha value is -0.680. The van der Waals surface area contributed by atoms with Crippen molar-refractivity contribution in [3.05, 3.63) is 22.6 Å². The Morgan fingerprint density at radius 2 is 2.44 bits per heavy atom. The lowest BCUT2D eigenvalue weighted by molar-refractivity contribution is 0.487. The molecule has 2 heterocycles. The molecule has 1 saturated heterocycles. The molecule has 0 bridgehead atoms. The minimum atomic E-state index is -0.278. The van der Waals surface area contributed by atoms with Crippen molar-refractivity contribution in [2.24, 2.45) is 11.7 Å². The van der Waals surface area contributed by atoms with Gasteiger partial charge in [0, 0.05) is 29.8 Å². The zero-order chi connectivity index (χ0) is 11.7.